The van der Waals surface area contributed by atoms with Crippen molar-refractivity contribution >= 4 is 11.4 Å². The van der Waals surface area contributed by atoms with E-state index in [9.17, 15) is 13.2 Å². The summed E-state index contributed by atoms with van der Waals surface area (Å²) >= 11 is 0. The number of nitrogen functional groups attached to an aromatic ring is 1. The largest absolute Gasteiger partial charge is 0.416 e. The summed E-state index contributed by atoms with van der Waals surface area (Å²) in [5, 5.41) is 0. The predicted molar refractivity (Wildman–Crippen MR) is 75.7 cm³/mol. The van der Waals surface area contributed by atoms with Crippen LogP contribution in [0.2, 0.25) is 0 Å². The lowest BCUT2D eigenvalue weighted by molar-refractivity contribution is -0.137. The summed E-state index contributed by atoms with van der Waals surface area (Å²) in [4.78, 5) is 2.11. The van der Waals surface area contributed by atoms with Gasteiger partial charge in [0.15, 0.2) is 0 Å². The second-order valence-electron chi connectivity index (χ2n) is 5.14. The van der Waals surface area contributed by atoms with Gasteiger partial charge < -0.3 is 10.6 Å². The smallest absolute Gasteiger partial charge is 0.397 e. The van der Waals surface area contributed by atoms with Crippen LogP contribution < -0.4 is 10.6 Å². The Balaban J connectivity index is 2.29. The molecule has 1 heterocycles. The number of nitrogens with zero attached hydrogens (tertiary/aromatic N) is 1. The maximum absolute atomic E-state index is 12.7. The van der Waals surface area contributed by atoms with E-state index in [1.54, 1.807) is 0 Å². The second-order valence-corrected chi connectivity index (χ2v) is 5.14. The highest BCUT2D eigenvalue weighted by Gasteiger charge is 2.32. The molecule has 1 fully saturated rings. The highest BCUT2D eigenvalue weighted by molar-refractivity contribution is 5.69. The number of hydrogen-bond donors (Lipinski definition) is 1. The number of anilines is 2. The van der Waals surface area contributed by atoms with Gasteiger partial charge in [-0.05, 0) is 43.9 Å². The summed E-state index contributed by atoms with van der Waals surface area (Å²) in [6, 6.07) is 3.89. The fourth-order valence-corrected chi connectivity index (χ4v) is 2.75. The van der Waals surface area contributed by atoms with E-state index in [2.05, 4.69) is 11.5 Å². The van der Waals surface area contributed by atoms with Gasteiger partial charge in [-0.15, -0.1) is 6.58 Å². The van der Waals surface area contributed by atoms with Gasteiger partial charge in [-0.25, -0.2) is 0 Å². The number of halogens is 3. The first-order chi connectivity index (χ1) is 9.43. The van der Waals surface area contributed by atoms with Gasteiger partial charge in [-0.2, -0.15) is 13.2 Å². The van der Waals surface area contributed by atoms with Crippen molar-refractivity contribution in [1.82, 2.24) is 0 Å². The fraction of sp³-hybridized carbons (Fsp3) is 0.467. The number of nitrogens with two attached hydrogens (primary N) is 1. The van der Waals surface area contributed by atoms with Crippen molar-refractivity contribution in [3.05, 3.63) is 36.4 Å². The average molecular weight is 284 g/mol. The summed E-state index contributed by atoms with van der Waals surface area (Å²) in [6.07, 6.45) is 1.51. The molecule has 0 spiro atoms. The minimum atomic E-state index is -4.35. The number of alkyl halides is 3. The van der Waals surface area contributed by atoms with E-state index in [0.717, 1.165) is 44.4 Å². The van der Waals surface area contributed by atoms with Crippen molar-refractivity contribution in [2.75, 3.05) is 17.2 Å². The molecule has 20 heavy (non-hydrogen) atoms. The van der Waals surface area contributed by atoms with Crippen LogP contribution in [0.15, 0.2) is 30.9 Å². The summed E-state index contributed by atoms with van der Waals surface area (Å²) < 4.78 is 38.0. The van der Waals surface area contributed by atoms with Gasteiger partial charge in [0.1, 0.15) is 0 Å². The molecule has 1 saturated heterocycles. The van der Waals surface area contributed by atoms with Crippen molar-refractivity contribution < 1.29 is 13.2 Å². The SMILES string of the molecule is C=CCC1CCCCN1c1ccc(C(F)(F)F)cc1N. The van der Waals surface area contributed by atoms with Gasteiger partial charge in [0.2, 0.25) is 0 Å². The van der Waals surface area contributed by atoms with Crippen molar-refractivity contribution in [2.45, 2.75) is 37.9 Å². The monoisotopic (exact) mass is 284 g/mol. The third-order valence-electron chi connectivity index (χ3n) is 3.73. The topological polar surface area (TPSA) is 29.3 Å². The van der Waals surface area contributed by atoms with Crippen LogP contribution in [-0.4, -0.2) is 12.6 Å². The molecule has 0 amide bonds. The van der Waals surface area contributed by atoms with Crippen LogP contribution in [0.3, 0.4) is 0 Å². The van der Waals surface area contributed by atoms with Crippen molar-refractivity contribution in [1.29, 1.82) is 0 Å². The van der Waals surface area contributed by atoms with Crippen LogP contribution in [0.1, 0.15) is 31.2 Å². The zero-order valence-corrected chi connectivity index (χ0v) is 11.3. The van der Waals surface area contributed by atoms with E-state index in [1.165, 1.54) is 6.07 Å². The van der Waals surface area contributed by atoms with Crippen LogP contribution in [0.4, 0.5) is 24.5 Å². The summed E-state index contributed by atoms with van der Waals surface area (Å²) in [6.45, 7) is 4.57. The summed E-state index contributed by atoms with van der Waals surface area (Å²) in [5.41, 5.74) is 6.03. The van der Waals surface area contributed by atoms with E-state index in [-0.39, 0.29) is 11.7 Å². The molecule has 1 aliphatic heterocycles. The minimum Gasteiger partial charge on any atom is -0.397 e. The molecule has 1 aromatic carbocycles. The second kappa shape index (κ2) is 5.77. The Morgan fingerprint density at radius 1 is 1.35 bits per heavy atom. The molecule has 1 aliphatic rings. The van der Waals surface area contributed by atoms with Crippen molar-refractivity contribution in [3.63, 3.8) is 0 Å². The number of hydrogen-bond acceptors (Lipinski definition) is 2. The lowest BCUT2D eigenvalue weighted by Gasteiger charge is -2.38. The van der Waals surface area contributed by atoms with E-state index < -0.39 is 11.7 Å². The maximum atomic E-state index is 12.7. The quantitative estimate of drug-likeness (QED) is 0.665. The number of piperidine rings is 1. The Bertz CT molecular complexity index is 482. The van der Waals surface area contributed by atoms with E-state index in [0.29, 0.717) is 5.69 Å². The lowest BCUT2D eigenvalue weighted by atomic mass is 9.98. The Kier molecular flexibility index (Phi) is 4.26. The molecule has 1 aromatic rings. The van der Waals surface area contributed by atoms with Crippen molar-refractivity contribution in [3.8, 4) is 0 Å². The standard InChI is InChI=1S/C15H19F3N2/c1-2-5-12-6-3-4-9-20(12)14-8-7-11(10-13(14)19)15(16,17)18/h2,7-8,10,12H,1,3-6,9,19H2. The zero-order valence-electron chi connectivity index (χ0n) is 11.3. The Hall–Kier alpha value is -1.65. The molecule has 1 unspecified atom stereocenters. The third-order valence-corrected chi connectivity index (χ3v) is 3.73. The molecule has 0 saturated carbocycles. The van der Waals surface area contributed by atoms with E-state index >= 15 is 0 Å². The Labute approximate surface area is 117 Å². The van der Waals surface area contributed by atoms with Crippen LogP contribution in [-0.2, 0) is 6.18 Å². The molecule has 0 bridgehead atoms. The summed E-state index contributed by atoms with van der Waals surface area (Å²) in [7, 11) is 0. The summed E-state index contributed by atoms with van der Waals surface area (Å²) in [5.74, 6) is 0. The molecule has 0 aliphatic carbocycles. The normalized spacial score (nSPS) is 19.9. The molecule has 2 nitrogen and oxygen atoms in total. The molecule has 0 aromatic heterocycles. The van der Waals surface area contributed by atoms with Crippen molar-refractivity contribution in [2.24, 2.45) is 0 Å². The minimum absolute atomic E-state index is 0.191. The molecule has 1 atom stereocenters. The molecule has 2 rings (SSSR count). The zero-order chi connectivity index (χ0) is 14.8. The first-order valence-corrected chi connectivity index (χ1v) is 6.77. The first-order valence-electron chi connectivity index (χ1n) is 6.77. The molecular formula is C15H19F3N2. The number of benzene rings is 1. The fourth-order valence-electron chi connectivity index (χ4n) is 2.75. The predicted octanol–water partition coefficient (Wildman–Crippen LogP) is 4.22. The molecule has 2 N–H and O–H groups in total. The lowest BCUT2D eigenvalue weighted by Crippen LogP contribution is -2.39. The molecule has 110 valence electrons. The molecule has 0 radical (unpaired) electrons. The van der Waals surface area contributed by atoms with E-state index in [4.69, 9.17) is 5.73 Å². The van der Waals surface area contributed by atoms with Gasteiger partial charge in [-0.3, -0.25) is 0 Å². The maximum Gasteiger partial charge on any atom is 0.416 e. The highest BCUT2D eigenvalue weighted by Crippen LogP contribution is 2.36. The van der Waals surface area contributed by atoms with Gasteiger partial charge in [0.25, 0.3) is 0 Å². The third kappa shape index (κ3) is 3.08. The van der Waals surface area contributed by atoms with Crippen LogP contribution in [0.25, 0.3) is 0 Å². The van der Waals surface area contributed by atoms with Gasteiger partial charge in [0, 0.05) is 12.6 Å². The Morgan fingerprint density at radius 3 is 2.70 bits per heavy atom. The van der Waals surface area contributed by atoms with Gasteiger partial charge in [0.05, 0.1) is 16.9 Å². The van der Waals surface area contributed by atoms with Crippen LogP contribution >= 0.6 is 0 Å². The van der Waals surface area contributed by atoms with Gasteiger partial charge >= 0.3 is 6.18 Å². The highest BCUT2D eigenvalue weighted by atomic mass is 19.4. The number of rotatable bonds is 3. The average Bonchev–Trinajstić information content (AvgIpc) is 2.39. The van der Waals surface area contributed by atoms with Crippen LogP contribution in [0, 0.1) is 0 Å². The van der Waals surface area contributed by atoms with Gasteiger partial charge in [-0.1, -0.05) is 6.08 Å². The molecule has 5 heteroatoms. The van der Waals surface area contributed by atoms with Crippen LogP contribution in [0.5, 0.6) is 0 Å². The Morgan fingerprint density at radius 2 is 2.10 bits per heavy atom. The first kappa shape index (κ1) is 14.8. The molecular weight excluding hydrogens is 265 g/mol. The van der Waals surface area contributed by atoms with E-state index in [1.807, 2.05) is 6.08 Å².